The number of benzene rings is 1. The third-order valence-electron chi connectivity index (χ3n) is 6.40. The van der Waals surface area contributed by atoms with Crippen LogP contribution in [0.4, 0.5) is 14.9 Å². The molecule has 2 aliphatic rings. The third-order valence-corrected chi connectivity index (χ3v) is 6.71. The molecule has 1 fully saturated rings. The maximum Gasteiger partial charge on any atom is 0.410 e. The molecule has 40 heavy (non-hydrogen) atoms. The summed E-state index contributed by atoms with van der Waals surface area (Å²) in [4.78, 5) is 31.2. The lowest BCUT2D eigenvalue weighted by Gasteiger charge is -2.41. The molecule has 214 valence electrons. The molecular formula is C28H34FN5O5S. The van der Waals surface area contributed by atoms with E-state index in [1.165, 1.54) is 19.2 Å². The van der Waals surface area contributed by atoms with E-state index in [1.807, 2.05) is 26.8 Å². The fourth-order valence-electron chi connectivity index (χ4n) is 4.32. The van der Waals surface area contributed by atoms with E-state index in [2.05, 4.69) is 20.9 Å². The van der Waals surface area contributed by atoms with Crippen molar-refractivity contribution in [3.63, 3.8) is 0 Å². The van der Waals surface area contributed by atoms with E-state index < -0.39 is 11.4 Å². The minimum Gasteiger partial charge on any atom is -0.492 e. The fraction of sp³-hybridized carbons (Fsp3) is 0.429. The number of carbonyl (C=O) groups is 2. The van der Waals surface area contributed by atoms with Crippen LogP contribution in [-0.4, -0.2) is 65.3 Å². The second kappa shape index (κ2) is 12.5. The van der Waals surface area contributed by atoms with Gasteiger partial charge in [0.2, 0.25) is 0 Å². The van der Waals surface area contributed by atoms with Gasteiger partial charge in [-0.3, -0.25) is 9.78 Å². The molecular weight excluding hydrogens is 537 g/mol. The molecule has 1 atom stereocenters. The predicted octanol–water partition coefficient (Wildman–Crippen LogP) is 3.92. The van der Waals surface area contributed by atoms with Crippen LogP contribution in [0.15, 0.2) is 47.9 Å². The number of rotatable bonds is 9. The molecule has 0 spiro atoms. The Bertz CT molecular complexity index is 1310. The topological polar surface area (TPSA) is 114 Å². The molecule has 1 aromatic carbocycles. The van der Waals surface area contributed by atoms with E-state index in [0.717, 1.165) is 12.0 Å². The number of para-hydroxylation sites is 1. The van der Waals surface area contributed by atoms with Gasteiger partial charge in [-0.15, -0.1) is 0 Å². The first-order valence-electron chi connectivity index (χ1n) is 13.0. The summed E-state index contributed by atoms with van der Waals surface area (Å²) in [5.74, 6) is -0.304. The molecule has 1 aromatic heterocycles. The van der Waals surface area contributed by atoms with Gasteiger partial charge in [-0.1, -0.05) is 18.3 Å². The molecule has 0 aliphatic carbocycles. The molecule has 4 rings (SSSR count). The first-order chi connectivity index (χ1) is 19.1. The van der Waals surface area contributed by atoms with Gasteiger partial charge in [-0.05, 0) is 45.4 Å². The number of anilines is 1. The number of pyridine rings is 1. The average molecular weight is 572 g/mol. The van der Waals surface area contributed by atoms with Crippen molar-refractivity contribution in [3.05, 3.63) is 59.3 Å². The Hall–Kier alpha value is -3.93. The van der Waals surface area contributed by atoms with Gasteiger partial charge < -0.3 is 35.1 Å². The zero-order valence-electron chi connectivity index (χ0n) is 23.0. The maximum atomic E-state index is 14.2. The van der Waals surface area contributed by atoms with Crippen LogP contribution < -0.4 is 25.4 Å². The van der Waals surface area contributed by atoms with Crippen LogP contribution in [0.5, 0.6) is 11.5 Å². The third kappa shape index (κ3) is 6.98. The van der Waals surface area contributed by atoms with Gasteiger partial charge in [0.1, 0.15) is 22.9 Å². The quantitative estimate of drug-likeness (QED) is 0.386. The molecule has 0 saturated carbocycles. The molecule has 0 bridgehead atoms. The summed E-state index contributed by atoms with van der Waals surface area (Å²) in [5, 5.41) is 9.08. The monoisotopic (exact) mass is 571 g/mol. The Balaban J connectivity index is 1.43. The lowest BCUT2D eigenvalue weighted by Crippen LogP contribution is -2.55. The standard InChI is InChI=1S/C28H34FN5O5S/c1-28(2,3)39-27(36)34-13-10-18(34)16-38-22-15-30-11-8-17(22)14-32-20-9-12-31-25(35)23(20)26(40)33-21-7-5-6-19(29)24(21)37-4/h5-8,11,15,18,32H,9-10,12-14,16H2,1-4H3,(H,31,35)(H,33,40)/t18-/m1/s1. The van der Waals surface area contributed by atoms with Gasteiger partial charge in [-0.2, -0.15) is 0 Å². The summed E-state index contributed by atoms with van der Waals surface area (Å²) in [6.45, 7) is 7.22. The van der Waals surface area contributed by atoms with Crippen molar-refractivity contribution < 1.29 is 28.2 Å². The van der Waals surface area contributed by atoms with E-state index in [9.17, 15) is 14.0 Å². The second-order valence-electron chi connectivity index (χ2n) is 10.4. The van der Waals surface area contributed by atoms with Gasteiger partial charge in [0, 0.05) is 43.5 Å². The number of hydrogen-bond donors (Lipinski definition) is 3. The molecule has 3 N–H and O–H groups in total. The van der Waals surface area contributed by atoms with Crippen LogP contribution in [0.1, 0.15) is 39.2 Å². The Kier molecular flexibility index (Phi) is 9.08. The van der Waals surface area contributed by atoms with Crippen molar-refractivity contribution in [1.29, 1.82) is 0 Å². The van der Waals surface area contributed by atoms with E-state index in [4.69, 9.17) is 26.4 Å². The van der Waals surface area contributed by atoms with Gasteiger partial charge in [-0.25, -0.2) is 9.18 Å². The van der Waals surface area contributed by atoms with Crippen LogP contribution in [0, 0.1) is 5.82 Å². The average Bonchev–Trinajstić information content (AvgIpc) is 2.86. The Morgan fingerprint density at radius 1 is 1.30 bits per heavy atom. The fourth-order valence-corrected chi connectivity index (χ4v) is 4.64. The normalized spacial score (nSPS) is 17.0. The number of halogens is 1. The number of hydrogen-bond acceptors (Lipinski definition) is 8. The SMILES string of the molecule is COc1c(F)cccc1NC(=S)C1=C(NCc2ccncc2OC[C@H]2CCN2C(=O)OC(C)(C)C)CCNC1=O. The number of aromatic nitrogens is 1. The molecule has 0 radical (unpaired) electrons. The summed E-state index contributed by atoms with van der Waals surface area (Å²) >= 11 is 5.55. The first kappa shape index (κ1) is 29.1. The molecule has 2 aliphatic heterocycles. The van der Waals surface area contributed by atoms with Gasteiger partial charge in [0.05, 0.1) is 30.6 Å². The number of nitrogens with zero attached hydrogens (tertiary/aromatic N) is 2. The first-order valence-corrected chi connectivity index (χ1v) is 13.4. The molecule has 12 heteroatoms. The molecule has 1 saturated heterocycles. The van der Waals surface area contributed by atoms with E-state index in [1.54, 1.807) is 23.4 Å². The van der Waals surface area contributed by atoms with Crippen LogP contribution >= 0.6 is 12.2 Å². The minimum atomic E-state index is -0.564. The zero-order chi connectivity index (χ0) is 28.9. The maximum absolute atomic E-state index is 14.2. The van der Waals surface area contributed by atoms with E-state index in [-0.39, 0.29) is 34.4 Å². The van der Waals surface area contributed by atoms with Crippen molar-refractivity contribution in [3.8, 4) is 11.5 Å². The Morgan fingerprint density at radius 2 is 2.10 bits per heavy atom. The summed E-state index contributed by atoms with van der Waals surface area (Å²) < 4.78 is 30.9. The molecule has 2 amide bonds. The number of nitrogens with one attached hydrogen (secondary N) is 3. The van der Waals surface area contributed by atoms with Gasteiger partial charge in [0.25, 0.3) is 5.91 Å². The van der Waals surface area contributed by atoms with Crippen molar-refractivity contribution in [1.82, 2.24) is 20.5 Å². The molecule has 10 nitrogen and oxygen atoms in total. The van der Waals surface area contributed by atoms with E-state index in [0.29, 0.717) is 49.8 Å². The number of methoxy groups -OCH3 is 1. The smallest absolute Gasteiger partial charge is 0.410 e. The number of amides is 2. The highest BCUT2D eigenvalue weighted by atomic mass is 32.1. The summed E-state index contributed by atoms with van der Waals surface area (Å²) in [7, 11) is 1.36. The van der Waals surface area contributed by atoms with Crippen molar-refractivity contribution in [2.24, 2.45) is 0 Å². The number of likely N-dealkylation sites (tertiary alicyclic amines) is 1. The van der Waals surface area contributed by atoms with Gasteiger partial charge in [0.15, 0.2) is 11.6 Å². The van der Waals surface area contributed by atoms with Crippen molar-refractivity contribution in [2.45, 2.75) is 51.8 Å². The number of carbonyl (C=O) groups excluding carboxylic acids is 2. The van der Waals surface area contributed by atoms with Gasteiger partial charge >= 0.3 is 6.09 Å². The summed E-state index contributed by atoms with van der Waals surface area (Å²) in [6, 6.07) is 6.16. The summed E-state index contributed by atoms with van der Waals surface area (Å²) in [5.41, 5.74) is 1.49. The highest BCUT2D eigenvalue weighted by molar-refractivity contribution is 7.81. The second-order valence-corrected chi connectivity index (χ2v) is 10.8. The zero-order valence-corrected chi connectivity index (χ0v) is 23.8. The van der Waals surface area contributed by atoms with Crippen molar-refractivity contribution >= 4 is 34.9 Å². The Morgan fingerprint density at radius 3 is 2.80 bits per heavy atom. The number of ether oxygens (including phenoxy) is 3. The lowest BCUT2D eigenvalue weighted by molar-refractivity contribution is -0.117. The van der Waals surface area contributed by atoms with Crippen LogP contribution in [0.2, 0.25) is 0 Å². The minimum absolute atomic E-state index is 0.00597. The van der Waals surface area contributed by atoms with Crippen LogP contribution in [0.3, 0.4) is 0 Å². The van der Waals surface area contributed by atoms with Crippen molar-refractivity contribution in [2.75, 3.05) is 32.1 Å². The lowest BCUT2D eigenvalue weighted by atomic mass is 10.1. The van der Waals surface area contributed by atoms with Crippen LogP contribution in [0.25, 0.3) is 0 Å². The van der Waals surface area contributed by atoms with Crippen LogP contribution in [-0.2, 0) is 16.1 Å². The highest BCUT2D eigenvalue weighted by Gasteiger charge is 2.36. The largest absolute Gasteiger partial charge is 0.492 e. The highest BCUT2D eigenvalue weighted by Crippen LogP contribution is 2.29. The molecule has 2 aromatic rings. The molecule has 3 heterocycles. The Labute approximate surface area is 238 Å². The predicted molar refractivity (Wildman–Crippen MR) is 152 cm³/mol. The number of thiocarbonyl (C=S) groups is 1. The van der Waals surface area contributed by atoms with E-state index >= 15 is 0 Å². The molecule has 0 unspecified atom stereocenters. The summed E-state index contributed by atoms with van der Waals surface area (Å²) in [6.07, 6.45) is 4.27.